The highest BCUT2D eigenvalue weighted by atomic mass is 15.0. The van der Waals surface area contributed by atoms with Crippen molar-refractivity contribution in [2.24, 2.45) is 7.05 Å². The number of aromatic nitrogens is 4. The number of benzene rings is 1. The van der Waals surface area contributed by atoms with E-state index in [1.54, 1.807) is 6.33 Å². The van der Waals surface area contributed by atoms with Crippen molar-refractivity contribution in [1.82, 2.24) is 19.5 Å². The maximum atomic E-state index is 4.50. The molecule has 3 rings (SSSR count). The molecule has 0 aliphatic rings. The van der Waals surface area contributed by atoms with Gasteiger partial charge in [-0.15, -0.1) is 0 Å². The first-order chi connectivity index (χ1) is 8.84. The molecule has 0 spiro atoms. The molecule has 0 atom stereocenters. The number of hydrogen-bond donors (Lipinski definition) is 0. The summed E-state index contributed by atoms with van der Waals surface area (Å²) in [5.74, 6) is 1.39. The highest BCUT2D eigenvalue weighted by Crippen LogP contribution is 2.18. The van der Waals surface area contributed by atoms with E-state index < -0.39 is 0 Å². The molecule has 4 nitrogen and oxygen atoms in total. The number of nitrogens with zero attached hydrogens (tertiary/aromatic N) is 4. The molecule has 0 saturated carbocycles. The Bertz CT molecular complexity index is 658. The van der Waals surface area contributed by atoms with E-state index in [4.69, 9.17) is 0 Å². The molecule has 0 unspecified atom stereocenters. The normalized spacial score (nSPS) is 10.5. The van der Waals surface area contributed by atoms with E-state index >= 15 is 0 Å². The first-order valence-corrected chi connectivity index (χ1v) is 5.71. The van der Waals surface area contributed by atoms with Crippen LogP contribution in [0.3, 0.4) is 0 Å². The van der Waals surface area contributed by atoms with Crippen LogP contribution in [-0.4, -0.2) is 19.5 Å². The summed E-state index contributed by atoms with van der Waals surface area (Å²) in [5.41, 5.74) is 1.98. The van der Waals surface area contributed by atoms with Gasteiger partial charge in [0.15, 0.2) is 11.6 Å². The van der Waals surface area contributed by atoms with Crippen LogP contribution in [0.2, 0.25) is 0 Å². The second-order valence-corrected chi connectivity index (χ2v) is 4.00. The molecule has 2 aromatic heterocycles. The van der Waals surface area contributed by atoms with E-state index in [1.165, 1.54) is 0 Å². The summed E-state index contributed by atoms with van der Waals surface area (Å²) in [6.45, 7) is 0. The van der Waals surface area contributed by atoms with Gasteiger partial charge in [0.2, 0.25) is 0 Å². The minimum atomic E-state index is 0.691. The molecule has 0 radical (unpaired) electrons. The molecular formula is C14H12N4. The molecule has 0 saturated heterocycles. The molecule has 0 N–H and O–H groups in total. The SMILES string of the molecule is Cn1cccc1-c1ncnc(-c2ccccc2)n1. The Balaban J connectivity index is 2.08. The number of hydrogen-bond acceptors (Lipinski definition) is 3. The molecule has 88 valence electrons. The third kappa shape index (κ3) is 1.88. The molecular weight excluding hydrogens is 224 g/mol. The predicted octanol–water partition coefficient (Wildman–Crippen LogP) is 2.54. The van der Waals surface area contributed by atoms with Crippen molar-refractivity contribution < 1.29 is 0 Å². The summed E-state index contributed by atoms with van der Waals surface area (Å²) in [5, 5.41) is 0. The van der Waals surface area contributed by atoms with Crippen LogP contribution in [-0.2, 0) is 7.05 Å². The Morgan fingerprint density at radius 3 is 2.39 bits per heavy atom. The third-order valence-electron chi connectivity index (χ3n) is 2.78. The monoisotopic (exact) mass is 236 g/mol. The Morgan fingerprint density at radius 1 is 0.889 bits per heavy atom. The Kier molecular flexibility index (Phi) is 2.61. The Labute approximate surface area is 105 Å². The summed E-state index contributed by atoms with van der Waals surface area (Å²) >= 11 is 0. The van der Waals surface area contributed by atoms with Crippen LogP contribution in [0.25, 0.3) is 22.9 Å². The zero-order chi connectivity index (χ0) is 12.4. The van der Waals surface area contributed by atoms with Crippen LogP contribution < -0.4 is 0 Å². The standard InChI is InChI=1S/C14H12N4/c1-18-9-5-8-12(18)14-16-10-15-13(17-14)11-6-3-2-4-7-11/h2-10H,1H3. The zero-order valence-corrected chi connectivity index (χ0v) is 9.99. The van der Waals surface area contributed by atoms with Crippen LogP contribution in [0, 0.1) is 0 Å². The molecule has 3 aromatic rings. The predicted molar refractivity (Wildman–Crippen MR) is 69.7 cm³/mol. The van der Waals surface area contributed by atoms with E-state index in [0.717, 1.165) is 11.3 Å². The fourth-order valence-corrected chi connectivity index (χ4v) is 1.84. The van der Waals surface area contributed by atoms with Gasteiger partial charge < -0.3 is 4.57 Å². The molecule has 0 bridgehead atoms. The van der Waals surface area contributed by atoms with Gasteiger partial charge in [-0.05, 0) is 12.1 Å². The molecule has 0 fully saturated rings. The fourth-order valence-electron chi connectivity index (χ4n) is 1.84. The van der Waals surface area contributed by atoms with Gasteiger partial charge >= 0.3 is 0 Å². The molecule has 0 aliphatic heterocycles. The average Bonchev–Trinajstić information content (AvgIpc) is 2.86. The van der Waals surface area contributed by atoms with Gasteiger partial charge in [0.25, 0.3) is 0 Å². The quantitative estimate of drug-likeness (QED) is 0.686. The Hall–Kier alpha value is -2.49. The molecule has 0 aliphatic carbocycles. The maximum Gasteiger partial charge on any atom is 0.179 e. The van der Waals surface area contributed by atoms with E-state index in [0.29, 0.717) is 11.6 Å². The van der Waals surface area contributed by atoms with Gasteiger partial charge in [0, 0.05) is 18.8 Å². The number of rotatable bonds is 2. The Morgan fingerprint density at radius 2 is 1.67 bits per heavy atom. The summed E-state index contributed by atoms with van der Waals surface area (Å²) in [7, 11) is 1.97. The van der Waals surface area contributed by atoms with Crippen LogP contribution in [0.1, 0.15) is 0 Å². The highest BCUT2D eigenvalue weighted by Gasteiger charge is 2.07. The van der Waals surface area contributed by atoms with Crippen LogP contribution >= 0.6 is 0 Å². The maximum absolute atomic E-state index is 4.50. The van der Waals surface area contributed by atoms with E-state index in [1.807, 2.05) is 60.3 Å². The minimum absolute atomic E-state index is 0.691. The first-order valence-electron chi connectivity index (χ1n) is 5.71. The van der Waals surface area contributed by atoms with Crippen molar-refractivity contribution in [1.29, 1.82) is 0 Å². The lowest BCUT2D eigenvalue weighted by Crippen LogP contribution is -1.98. The van der Waals surface area contributed by atoms with Crippen molar-refractivity contribution in [3.63, 3.8) is 0 Å². The number of aryl methyl sites for hydroxylation is 1. The summed E-state index contributed by atoms with van der Waals surface area (Å²) in [4.78, 5) is 12.9. The van der Waals surface area contributed by atoms with Gasteiger partial charge in [-0.25, -0.2) is 15.0 Å². The minimum Gasteiger partial charge on any atom is -0.348 e. The van der Waals surface area contributed by atoms with E-state index in [2.05, 4.69) is 15.0 Å². The van der Waals surface area contributed by atoms with E-state index in [-0.39, 0.29) is 0 Å². The van der Waals surface area contributed by atoms with Crippen molar-refractivity contribution in [3.05, 3.63) is 55.0 Å². The fraction of sp³-hybridized carbons (Fsp3) is 0.0714. The summed E-state index contributed by atoms with van der Waals surface area (Å²) in [6, 6.07) is 13.9. The van der Waals surface area contributed by atoms with E-state index in [9.17, 15) is 0 Å². The van der Waals surface area contributed by atoms with Crippen molar-refractivity contribution >= 4 is 0 Å². The first kappa shape index (κ1) is 10.7. The second kappa shape index (κ2) is 4.41. The molecule has 1 aromatic carbocycles. The molecule has 0 amide bonds. The van der Waals surface area contributed by atoms with Gasteiger partial charge in [0.05, 0.1) is 5.69 Å². The zero-order valence-electron chi connectivity index (χ0n) is 9.99. The van der Waals surface area contributed by atoms with Crippen LogP contribution in [0.4, 0.5) is 0 Å². The summed E-state index contributed by atoms with van der Waals surface area (Å²) < 4.78 is 1.99. The van der Waals surface area contributed by atoms with Gasteiger partial charge in [-0.3, -0.25) is 0 Å². The van der Waals surface area contributed by atoms with Crippen molar-refractivity contribution in [2.45, 2.75) is 0 Å². The third-order valence-corrected chi connectivity index (χ3v) is 2.78. The molecule has 2 heterocycles. The lowest BCUT2D eigenvalue weighted by molar-refractivity contribution is 0.914. The second-order valence-electron chi connectivity index (χ2n) is 4.00. The van der Waals surface area contributed by atoms with Crippen LogP contribution in [0.5, 0.6) is 0 Å². The lowest BCUT2D eigenvalue weighted by atomic mass is 10.2. The topological polar surface area (TPSA) is 43.6 Å². The highest BCUT2D eigenvalue weighted by molar-refractivity contribution is 5.58. The van der Waals surface area contributed by atoms with Crippen molar-refractivity contribution in [3.8, 4) is 22.9 Å². The largest absolute Gasteiger partial charge is 0.348 e. The van der Waals surface area contributed by atoms with Gasteiger partial charge in [-0.2, -0.15) is 0 Å². The smallest absolute Gasteiger partial charge is 0.179 e. The lowest BCUT2D eigenvalue weighted by Gasteiger charge is -2.04. The van der Waals surface area contributed by atoms with Crippen LogP contribution in [0.15, 0.2) is 55.0 Å². The summed E-state index contributed by atoms with van der Waals surface area (Å²) in [6.07, 6.45) is 3.53. The molecule has 4 heteroatoms. The average molecular weight is 236 g/mol. The molecule has 18 heavy (non-hydrogen) atoms. The van der Waals surface area contributed by atoms with Gasteiger partial charge in [-0.1, -0.05) is 30.3 Å². The van der Waals surface area contributed by atoms with Crippen molar-refractivity contribution in [2.75, 3.05) is 0 Å². The van der Waals surface area contributed by atoms with Gasteiger partial charge in [0.1, 0.15) is 6.33 Å².